The van der Waals surface area contributed by atoms with Gasteiger partial charge in [-0.05, 0) is 30.5 Å². The van der Waals surface area contributed by atoms with Crippen LogP contribution in [0.1, 0.15) is 32.3 Å². The molecule has 0 heterocycles. The highest BCUT2D eigenvalue weighted by atomic mass is 35.5. The van der Waals surface area contributed by atoms with Crippen LogP contribution in [0.2, 0.25) is 5.02 Å². The van der Waals surface area contributed by atoms with E-state index in [2.05, 4.69) is 19.9 Å². The van der Waals surface area contributed by atoms with E-state index in [0.29, 0.717) is 0 Å². The Morgan fingerprint density at radius 3 is 2.64 bits per heavy atom. The lowest BCUT2D eigenvalue weighted by molar-refractivity contribution is 0.309. The van der Waals surface area contributed by atoms with Crippen LogP contribution in [0.5, 0.6) is 5.75 Å². The van der Waals surface area contributed by atoms with E-state index in [1.807, 2.05) is 12.1 Å². The topological polar surface area (TPSA) is 9.23 Å². The van der Waals surface area contributed by atoms with Crippen LogP contribution in [0.4, 0.5) is 0 Å². The molecule has 0 aromatic heterocycles. The molecule has 0 spiro atoms. The summed E-state index contributed by atoms with van der Waals surface area (Å²) in [5, 5.41) is 0.723. The Labute approximate surface area is 91.0 Å². The van der Waals surface area contributed by atoms with Gasteiger partial charge < -0.3 is 4.74 Å². The molecule has 0 fully saturated rings. The van der Waals surface area contributed by atoms with Crippen LogP contribution >= 0.6 is 11.6 Å². The minimum Gasteiger partial charge on any atom is -0.492 e. The van der Waals surface area contributed by atoms with Gasteiger partial charge in [0.15, 0.2) is 0 Å². The van der Waals surface area contributed by atoms with Gasteiger partial charge >= 0.3 is 0 Å². The molecule has 0 aliphatic heterocycles. The summed E-state index contributed by atoms with van der Waals surface area (Å²) >= 11 is 6.06. The highest BCUT2D eigenvalue weighted by Crippen LogP contribution is 2.25. The fourth-order valence-electron chi connectivity index (χ4n) is 1.21. The molecule has 2 heteroatoms. The number of hydrogen-bond donors (Lipinski definition) is 0. The van der Waals surface area contributed by atoms with E-state index >= 15 is 0 Å². The summed E-state index contributed by atoms with van der Waals surface area (Å²) in [5.41, 5.74) is 1.25. The van der Waals surface area contributed by atoms with Crippen LogP contribution in [-0.2, 0) is 6.42 Å². The molecule has 0 unspecified atom stereocenters. The number of hydrogen-bond acceptors (Lipinski definition) is 1. The second kappa shape index (κ2) is 5.92. The largest absolute Gasteiger partial charge is 0.492 e. The molecule has 14 heavy (non-hydrogen) atoms. The van der Waals surface area contributed by atoms with Crippen molar-refractivity contribution in [3.05, 3.63) is 28.8 Å². The number of benzene rings is 1. The third-order valence-electron chi connectivity index (χ3n) is 2.16. The maximum Gasteiger partial charge on any atom is 0.137 e. The van der Waals surface area contributed by atoms with Gasteiger partial charge in [-0.15, -0.1) is 0 Å². The van der Waals surface area contributed by atoms with Crippen molar-refractivity contribution < 1.29 is 4.74 Å². The SMILES string of the molecule is CCCCOc1ccc(CC)cc1Cl. The van der Waals surface area contributed by atoms with Gasteiger partial charge in [0.2, 0.25) is 0 Å². The molecule has 78 valence electrons. The van der Waals surface area contributed by atoms with E-state index in [-0.39, 0.29) is 0 Å². The van der Waals surface area contributed by atoms with Crippen LogP contribution in [-0.4, -0.2) is 6.61 Å². The van der Waals surface area contributed by atoms with Crippen LogP contribution in [0.25, 0.3) is 0 Å². The minimum atomic E-state index is 0.723. The first-order valence-electron chi connectivity index (χ1n) is 5.19. The summed E-state index contributed by atoms with van der Waals surface area (Å²) in [6, 6.07) is 5.99. The molecule has 0 N–H and O–H groups in total. The van der Waals surface area contributed by atoms with Crippen molar-refractivity contribution in [3.8, 4) is 5.75 Å². The third-order valence-corrected chi connectivity index (χ3v) is 2.46. The molecule has 0 bridgehead atoms. The summed E-state index contributed by atoms with van der Waals surface area (Å²) in [7, 11) is 0. The third kappa shape index (κ3) is 3.22. The Balaban J connectivity index is 2.59. The second-order valence-electron chi connectivity index (χ2n) is 3.32. The van der Waals surface area contributed by atoms with Gasteiger partial charge in [-0.1, -0.05) is 37.9 Å². The van der Waals surface area contributed by atoms with E-state index in [4.69, 9.17) is 16.3 Å². The van der Waals surface area contributed by atoms with Gasteiger partial charge in [0.05, 0.1) is 11.6 Å². The Morgan fingerprint density at radius 2 is 2.07 bits per heavy atom. The molecule has 0 radical (unpaired) electrons. The van der Waals surface area contributed by atoms with Gasteiger partial charge in [-0.2, -0.15) is 0 Å². The second-order valence-corrected chi connectivity index (χ2v) is 3.73. The van der Waals surface area contributed by atoms with Gasteiger partial charge in [0.25, 0.3) is 0 Å². The fourth-order valence-corrected chi connectivity index (χ4v) is 1.47. The first-order chi connectivity index (χ1) is 6.77. The summed E-state index contributed by atoms with van der Waals surface area (Å²) in [6.07, 6.45) is 3.23. The summed E-state index contributed by atoms with van der Waals surface area (Å²) < 4.78 is 5.54. The standard InChI is InChI=1S/C12H17ClO/c1-3-5-8-14-12-7-6-10(4-2)9-11(12)13/h6-7,9H,3-5,8H2,1-2H3. The van der Waals surface area contributed by atoms with Gasteiger partial charge in [0, 0.05) is 0 Å². The minimum absolute atomic E-state index is 0.723. The lowest BCUT2D eigenvalue weighted by atomic mass is 10.2. The molecule has 0 amide bonds. The number of aryl methyl sites for hydroxylation is 1. The molecular formula is C12H17ClO. The molecule has 0 saturated heterocycles. The van der Waals surface area contributed by atoms with Crippen LogP contribution < -0.4 is 4.74 Å². The fraction of sp³-hybridized carbons (Fsp3) is 0.500. The molecule has 0 atom stereocenters. The number of rotatable bonds is 5. The monoisotopic (exact) mass is 212 g/mol. The van der Waals surface area contributed by atoms with E-state index in [0.717, 1.165) is 36.6 Å². The van der Waals surface area contributed by atoms with Crippen molar-refractivity contribution in [1.29, 1.82) is 0 Å². The Hall–Kier alpha value is -0.690. The van der Waals surface area contributed by atoms with Crippen molar-refractivity contribution in [2.24, 2.45) is 0 Å². The Bertz CT molecular complexity index is 284. The van der Waals surface area contributed by atoms with Crippen molar-refractivity contribution in [1.82, 2.24) is 0 Å². The average molecular weight is 213 g/mol. The van der Waals surface area contributed by atoms with Crippen LogP contribution in [0, 0.1) is 0 Å². The van der Waals surface area contributed by atoms with Gasteiger partial charge in [-0.25, -0.2) is 0 Å². The zero-order valence-electron chi connectivity index (χ0n) is 8.85. The van der Waals surface area contributed by atoms with Gasteiger partial charge in [-0.3, -0.25) is 0 Å². The predicted octanol–water partition coefficient (Wildman–Crippen LogP) is 4.08. The average Bonchev–Trinajstić information content (AvgIpc) is 2.20. The maximum absolute atomic E-state index is 6.06. The zero-order valence-corrected chi connectivity index (χ0v) is 9.60. The molecule has 1 aromatic carbocycles. The van der Waals surface area contributed by atoms with E-state index in [1.165, 1.54) is 5.56 Å². The van der Waals surface area contributed by atoms with E-state index < -0.39 is 0 Å². The highest BCUT2D eigenvalue weighted by molar-refractivity contribution is 6.32. The first-order valence-corrected chi connectivity index (χ1v) is 5.57. The number of ether oxygens (including phenoxy) is 1. The normalized spacial score (nSPS) is 10.2. The Kier molecular flexibility index (Phi) is 4.81. The molecular weight excluding hydrogens is 196 g/mol. The quantitative estimate of drug-likeness (QED) is 0.669. The Morgan fingerprint density at radius 1 is 1.29 bits per heavy atom. The van der Waals surface area contributed by atoms with Crippen molar-refractivity contribution in [2.75, 3.05) is 6.61 Å². The lowest BCUT2D eigenvalue weighted by Gasteiger charge is -2.08. The summed E-state index contributed by atoms with van der Waals surface area (Å²) in [5.74, 6) is 0.803. The number of halogens is 1. The van der Waals surface area contributed by atoms with E-state index in [1.54, 1.807) is 0 Å². The lowest BCUT2D eigenvalue weighted by Crippen LogP contribution is -1.97. The van der Waals surface area contributed by atoms with Crippen LogP contribution in [0.3, 0.4) is 0 Å². The molecule has 0 aliphatic rings. The van der Waals surface area contributed by atoms with Gasteiger partial charge in [0.1, 0.15) is 5.75 Å². The van der Waals surface area contributed by atoms with Crippen molar-refractivity contribution in [3.63, 3.8) is 0 Å². The maximum atomic E-state index is 6.06. The predicted molar refractivity (Wildman–Crippen MR) is 61.2 cm³/mol. The number of unbranched alkanes of at least 4 members (excludes halogenated alkanes) is 1. The van der Waals surface area contributed by atoms with E-state index in [9.17, 15) is 0 Å². The molecule has 1 rings (SSSR count). The van der Waals surface area contributed by atoms with Crippen LogP contribution in [0.15, 0.2) is 18.2 Å². The smallest absolute Gasteiger partial charge is 0.137 e. The molecule has 0 aliphatic carbocycles. The first kappa shape index (κ1) is 11.4. The summed E-state index contributed by atoms with van der Waals surface area (Å²) in [4.78, 5) is 0. The highest BCUT2D eigenvalue weighted by Gasteiger charge is 2.01. The summed E-state index contributed by atoms with van der Waals surface area (Å²) in [6.45, 7) is 5.01. The molecule has 1 nitrogen and oxygen atoms in total. The molecule has 0 saturated carbocycles. The van der Waals surface area contributed by atoms with Crippen molar-refractivity contribution in [2.45, 2.75) is 33.1 Å². The molecule has 1 aromatic rings. The zero-order chi connectivity index (χ0) is 10.4. The van der Waals surface area contributed by atoms with Crippen molar-refractivity contribution >= 4 is 11.6 Å².